The third-order valence-electron chi connectivity index (χ3n) is 2.05. The van der Waals surface area contributed by atoms with Gasteiger partial charge in [0.2, 0.25) is 0 Å². The van der Waals surface area contributed by atoms with E-state index in [1.165, 1.54) is 5.56 Å². The summed E-state index contributed by atoms with van der Waals surface area (Å²) in [5, 5.41) is 8.29. The highest BCUT2D eigenvalue weighted by Crippen LogP contribution is 2.23. The van der Waals surface area contributed by atoms with E-state index in [0.717, 1.165) is 16.8 Å². The van der Waals surface area contributed by atoms with Gasteiger partial charge >= 0.3 is 0 Å². The van der Waals surface area contributed by atoms with Gasteiger partial charge in [-0.1, -0.05) is 16.8 Å². The normalized spacial score (nSPS) is 11.1. The maximum absolute atomic E-state index is 5.19. The van der Waals surface area contributed by atoms with Gasteiger partial charge in [-0.3, -0.25) is 0 Å². The van der Waals surface area contributed by atoms with Crippen LogP contribution < -0.4 is 5.32 Å². The Hall–Kier alpha value is -1.51. The first-order chi connectivity index (χ1) is 6.66. The molecule has 0 fully saturated rings. The molecule has 3 nitrogen and oxygen atoms in total. The van der Waals surface area contributed by atoms with E-state index in [2.05, 4.69) is 37.3 Å². The molecule has 1 N–H and O–H groups in total. The Morgan fingerprint density at radius 3 is 2.86 bits per heavy atom. The summed E-state index contributed by atoms with van der Waals surface area (Å²) in [5.41, 5.74) is 2.05. The summed E-state index contributed by atoms with van der Waals surface area (Å²) < 4.78 is 5.19. The maximum atomic E-state index is 5.19. The van der Waals surface area contributed by atoms with Crippen molar-refractivity contribution in [1.82, 2.24) is 5.16 Å². The summed E-state index contributed by atoms with van der Waals surface area (Å²) in [5.74, 6) is 0.832. The summed E-state index contributed by atoms with van der Waals surface area (Å²) in [6, 6.07) is 6.41. The van der Waals surface area contributed by atoms with Crippen molar-refractivity contribution in [3.8, 4) is 0 Å². The zero-order valence-electron chi connectivity index (χ0n) is 8.66. The van der Waals surface area contributed by atoms with Gasteiger partial charge in [0.25, 0.3) is 0 Å². The number of anilines is 1. The van der Waals surface area contributed by atoms with E-state index in [4.69, 9.17) is 4.52 Å². The first-order valence-corrected chi connectivity index (χ1v) is 4.79. The van der Waals surface area contributed by atoms with Gasteiger partial charge in [0.05, 0.1) is 5.39 Å². The fourth-order valence-electron chi connectivity index (χ4n) is 1.43. The van der Waals surface area contributed by atoms with E-state index in [1.807, 2.05) is 12.1 Å². The van der Waals surface area contributed by atoms with Crippen molar-refractivity contribution in [2.24, 2.45) is 0 Å². The van der Waals surface area contributed by atoms with E-state index < -0.39 is 0 Å². The predicted octanol–water partition coefficient (Wildman–Crippen LogP) is 2.96. The highest BCUT2D eigenvalue weighted by molar-refractivity contribution is 5.88. The maximum Gasteiger partial charge on any atom is 0.177 e. The number of benzene rings is 1. The second-order valence-corrected chi connectivity index (χ2v) is 3.83. The topological polar surface area (TPSA) is 38.1 Å². The Morgan fingerprint density at radius 1 is 1.36 bits per heavy atom. The number of nitrogens with zero attached hydrogens (tertiary/aromatic N) is 1. The van der Waals surface area contributed by atoms with Crippen LogP contribution in [0.15, 0.2) is 22.7 Å². The van der Waals surface area contributed by atoms with Crippen LogP contribution in [-0.2, 0) is 0 Å². The van der Waals surface area contributed by atoms with Crippen molar-refractivity contribution in [1.29, 1.82) is 0 Å². The van der Waals surface area contributed by atoms with Crippen LogP contribution in [0.25, 0.3) is 11.0 Å². The molecule has 0 saturated heterocycles. The highest BCUT2D eigenvalue weighted by Gasteiger charge is 2.08. The molecule has 0 bridgehead atoms. The van der Waals surface area contributed by atoms with Gasteiger partial charge in [0.15, 0.2) is 11.4 Å². The lowest BCUT2D eigenvalue weighted by Crippen LogP contribution is -2.09. The van der Waals surface area contributed by atoms with Crippen molar-refractivity contribution in [2.75, 3.05) is 5.32 Å². The van der Waals surface area contributed by atoms with Gasteiger partial charge < -0.3 is 9.84 Å². The molecule has 1 aromatic heterocycles. The Balaban J connectivity index is 2.50. The number of hydrogen-bond acceptors (Lipinski definition) is 3. The van der Waals surface area contributed by atoms with Crippen molar-refractivity contribution >= 4 is 16.8 Å². The van der Waals surface area contributed by atoms with Gasteiger partial charge in [-0.05, 0) is 32.9 Å². The molecule has 0 amide bonds. The number of rotatable bonds is 2. The van der Waals surface area contributed by atoms with Crippen LogP contribution in [0.4, 0.5) is 5.82 Å². The van der Waals surface area contributed by atoms with Crippen LogP contribution >= 0.6 is 0 Å². The number of hydrogen-bond donors (Lipinski definition) is 1. The minimum atomic E-state index is 0.365. The van der Waals surface area contributed by atoms with Crippen LogP contribution in [0, 0.1) is 6.92 Å². The number of fused-ring (bicyclic) bond motifs is 1. The van der Waals surface area contributed by atoms with Crippen LogP contribution in [0.5, 0.6) is 0 Å². The molecule has 0 aliphatic rings. The lowest BCUT2D eigenvalue weighted by atomic mass is 10.2. The van der Waals surface area contributed by atoms with Crippen molar-refractivity contribution < 1.29 is 4.52 Å². The number of aryl methyl sites for hydroxylation is 1. The Kier molecular flexibility index (Phi) is 2.15. The average molecular weight is 190 g/mol. The zero-order valence-corrected chi connectivity index (χ0v) is 8.66. The molecule has 0 unspecified atom stereocenters. The molecule has 1 heterocycles. The van der Waals surface area contributed by atoms with Crippen molar-refractivity contribution in [2.45, 2.75) is 26.8 Å². The molecule has 0 spiro atoms. The van der Waals surface area contributed by atoms with Crippen LogP contribution in [0.2, 0.25) is 0 Å². The summed E-state index contributed by atoms with van der Waals surface area (Å²) in [6.45, 7) is 6.22. The monoisotopic (exact) mass is 190 g/mol. The average Bonchev–Trinajstić information content (AvgIpc) is 2.47. The molecule has 3 heteroatoms. The Labute approximate surface area is 83.1 Å². The molecule has 2 rings (SSSR count). The lowest BCUT2D eigenvalue weighted by molar-refractivity contribution is 0.458. The van der Waals surface area contributed by atoms with Crippen LogP contribution in [0.3, 0.4) is 0 Å². The van der Waals surface area contributed by atoms with E-state index in [0.29, 0.717) is 6.04 Å². The van der Waals surface area contributed by atoms with Gasteiger partial charge in [0, 0.05) is 6.04 Å². The largest absolute Gasteiger partial charge is 0.365 e. The quantitative estimate of drug-likeness (QED) is 0.791. The van der Waals surface area contributed by atoms with Gasteiger partial charge in [0.1, 0.15) is 0 Å². The summed E-state index contributed by atoms with van der Waals surface area (Å²) in [6.07, 6.45) is 0. The van der Waals surface area contributed by atoms with Gasteiger partial charge in [-0.25, -0.2) is 0 Å². The molecule has 1 aromatic carbocycles. The molecule has 0 aliphatic carbocycles. The predicted molar refractivity (Wildman–Crippen MR) is 57.5 cm³/mol. The standard InChI is InChI=1S/C11H14N2O/c1-7(2)12-11-9-6-8(3)4-5-10(9)14-13-11/h4-7H,1-3H3,(H,12,13). The van der Waals surface area contributed by atoms with Crippen LogP contribution in [-0.4, -0.2) is 11.2 Å². The zero-order chi connectivity index (χ0) is 10.1. The third kappa shape index (κ3) is 1.58. The molecule has 74 valence electrons. The molecule has 0 radical (unpaired) electrons. The minimum absolute atomic E-state index is 0.365. The molecule has 2 aromatic rings. The Bertz CT molecular complexity index is 445. The molecule has 0 atom stereocenters. The fraction of sp³-hybridized carbons (Fsp3) is 0.364. The number of nitrogens with one attached hydrogen (secondary N) is 1. The molecule has 0 aliphatic heterocycles. The van der Waals surface area contributed by atoms with E-state index >= 15 is 0 Å². The Morgan fingerprint density at radius 2 is 2.14 bits per heavy atom. The van der Waals surface area contributed by atoms with Crippen molar-refractivity contribution in [3.63, 3.8) is 0 Å². The molecular weight excluding hydrogens is 176 g/mol. The van der Waals surface area contributed by atoms with Gasteiger partial charge in [-0.15, -0.1) is 0 Å². The third-order valence-corrected chi connectivity index (χ3v) is 2.05. The second-order valence-electron chi connectivity index (χ2n) is 3.83. The molecule has 0 saturated carbocycles. The summed E-state index contributed by atoms with van der Waals surface area (Å²) in [4.78, 5) is 0. The first kappa shape index (κ1) is 9.06. The highest BCUT2D eigenvalue weighted by atomic mass is 16.5. The van der Waals surface area contributed by atoms with Crippen LogP contribution in [0.1, 0.15) is 19.4 Å². The lowest BCUT2D eigenvalue weighted by Gasteiger charge is -2.05. The minimum Gasteiger partial charge on any atom is -0.365 e. The van der Waals surface area contributed by atoms with Crippen molar-refractivity contribution in [3.05, 3.63) is 23.8 Å². The fourth-order valence-corrected chi connectivity index (χ4v) is 1.43. The summed E-state index contributed by atoms with van der Waals surface area (Å²) >= 11 is 0. The second kappa shape index (κ2) is 3.33. The molecule has 14 heavy (non-hydrogen) atoms. The van der Waals surface area contributed by atoms with E-state index in [1.54, 1.807) is 0 Å². The smallest absolute Gasteiger partial charge is 0.177 e. The van der Waals surface area contributed by atoms with E-state index in [9.17, 15) is 0 Å². The van der Waals surface area contributed by atoms with E-state index in [-0.39, 0.29) is 0 Å². The number of aromatic nitrogens is 1. The van der Waals surface area contributed by atoms with Gasteiger partial charge in [-0.2, -0.15) is 0 Å². The SMILES string of the molecule is Cc1ccc2onc(NC(C)C)c2c1. The molecular formula is C11H14N2O. The first-order valence-electron chi connectivity index (χ1n) is 4.79. The summed E-state index contributed by atoms with van der Waals surface area (Å²) in [7, 11) is 0.